The normalized spacial score (nSPS) is 15.6. The average Bonchev–Trinajstić information content (AvgIpc) is 3.18. The molecule has 4 rings (SSSR count). The molecule has 0 bridgehead atoms. The van der Waals surface area contributed by atoms with Crippen LogP contribution in [0.1, 0.15) is 43.2 Å². The number of nitrogens with zero attached hydrogens (tertiary/aromatic N) is 3. The minimum Gasteiger partial charge on any atom is -0.338 e. The zero-order valence-corrected chi connectivity index (χ0v) is 18.2. The van der Waals surface area contributed by atoms with E-state index in [1.807, 2.05) is 12.1 Å². The van der Waals surface area contributed by atoms with Gasteiger partial charge >= 0.3 is 0 Å². The number of anilines is 1. The topological polar surface area (TPSA) is 73.9 Å². The first-order valence-corrected chi connectivity index (χ1v) is 10.9. The molecule has 158 valence electrons. The third kappa shape index (κ3) is 4.70. The van der Waals surface area contributed by atoms with Crippen LogP contribution in [0.15, 0.2) is 30.5 Å². The van der Waals surface area contributed by atoms with E-state index in [9.17, 15) is 4.79 Å². The number of likely N-dealkylation sites (tertiary alicyclic amines) is 1. The lowest BCUT2D eigenvalue weighted by atomic mass is 9.92. The lowest BCUT2D eigenvalue weighted by molar-refractivity contribution is -0.116. The number of rotatable bonds is 6. The first-order valence-electron chi connectivity index (χ1n) is 10.9. The van der Waals surface area contributed by atoms with Crippen molar-refractivity contribution in [3.8, 4) is 11.4 Å². The van der Waals surface area contributed by atoms with E-state index in [-0.39, 0.29) is 5.91 Å². The summed E-state index contributed by atoms with van der Waals surface area (Å²) in [4.78, 5) is 27.2. The molecule has 1 fully saturated rings. The number of fused-ring (bicyclic) bond motifs is 1. The highest BCUT2D eigenvalue weighted by Crippen LogP contribution is 2.26. The molecule has 30 heavy (non-hydrogen) atoms. The molecule has 1 aliphatic heterocycles. The summed E-state index contributed by atoms with van der Waals surface area (Å²) in [5.74, 6) is 2.16. The molecule has 0 atom stereocenters. The Morgan fingerprint density at radius 2 is 2.03 bits per heavy atom. The van der Waals surface area contributed by atoms with Crippen molar-refractivity contribution in [2.45, 2.75) is 46.0 Å². The maximum atomic E-state index is 12.4. The molecule has 6 heteroatoms. The van der Waals surface area contributed by atoms with E-state index in [2.05, 4.69) is 53.2 Å². The fourth-order valence-electron chi connectivity index (χ4n) is 4.20. The molecular weight excluding hydrogens is 374 g/mol. The van der Waals surface area contributed by atoms with Gasteiger partial charge in [-0.2, -0.15) is 0 Å². The van der Waals surface area contributed by atoms with Crippen LogP contribution in [0.4, 0.5) is 5.82 Å². The van der Waals surface area contributed by atoms with Crippen molar-refractivity contribution in [1.29, 1.82) is 0 Å². The van der Waals surface area contributed by atoms with Crippen LogP contribution >= 0.6 is 0 Å². The van der Waals surface area contributed by atoms with Gasteiger partial charge in [0.15, 0.2) is 0 Å². The predicted octanol–water partition coefficient (Wildman–Crippen LogP) is 4.69. The number of aryl methyl sites for hydroxylation is 2. The summed E-state index contributed by atoms with van der Waals surface area (Å²) in [7, 11) is 2.18. The van der Waals surface area contributed by atoms with Crippen LogP contribution in [0.5, 0.6) is 0 Å². The summed E-state index contributed by atoms with van der Waals surface area (Å²) in [6.07, 6.45) is 6.82. The highest BCUT2D eigenvalue weighted by atomic mass is 16.1. The van der Waals surface area contributed by atoms with E-state index in [0.717, 1.165) is 41.2 Å². The van der Waals surface area contributed by atoms with Crippen LogP contribution in [0.25, 0.3) is 22.4 Å². The predicted molar refractivity (Wildman–Crippen MR) is 122 cm³/mol. The summed E-state index contributed by atoms with van der Waals surface area (Å²) in [6.45, 7) is 6.53. The van der Waals surface area contributed by atoms with Gasteiger partial charge < -0.3 is 15.2 Å². The van der Waals surface area contributed by atoms with Gasteiger partial charge in [0.2, 0.25) is 5.91 Å². The Morgan fingerprint density at radius 3 is 2.83 bits per heavy atom. The van der Waals surface area contributed by atoms with Gasteiger partial charge in [0.25, 0.3) is 0 Å². The lowest BCUT2D eigenvalue weighted by Crippen LogP contribution is -2.30. The molecule has 1 amide bonds. The number of carbonyl (C=O) groups excluding carboxylic acids is 1. The number of carbonyl (C=O) groups is 1. The molecule has 1 saturated heterocycles. The van der Waals surface area contributed by atoms with Gasteiger partial charge in [-0.05, 0) is 94.9 Å². The number of piperidine rings is 1. The van der Waals surface area contributed by atoms with Crippen molar-refractivity contribution in [3.63, 3.8) is 0 Å². The van der Waals surface area contributed by atoms with Crippen LogP contribution in [0.2, 0.25) is 0 Å². The van der Waals surface area contributed by atoms with Crippen molar-refractivity contribution < 1.29 is 4.79 Å². The number of pyridine rings is 1. The fourth-order valence-corrected chi connectivity index (χ4v) is 4.20. The van der Waals surface area contributed by atoms with Crippen LogP contribution < -0.4 is 5.32 Å². The number of hydrogen-bond acceptors (Lipinski definition) is 4. The van der Waals surface area contributed by atoms with E-state index in [1.54, 1.807) is 6.20 Å². The molecule has 0 spiro atoms. The quantitative estimate of drug-likeness (QED) is 0.624. The van der Waals surface area contributed by atoms with E-state index < -0.39 is 0 Å². The monoisotopic (exact) mass is 405 g/mol. The minimum atomic E-state index is 0.0312. The number of H-pyrrole nitrogens is 1. The molecule has 0 radical (unpaired) electrons. The fraction of sp³-hybridized carbons (Fsp3) is 0.458. The maximum absolute atomic E-state index is 12.4. The molecule has 0 unspecified atom stereocenters. The number of benzene rings is 1. The number of aromatic amines is 1. The van der Waals surface area contributed by atoms with Gasteiger partial charge in [0, 0.05) is 18.2 Å². The highest BCUT2D eigenvalue weighted by molar-refractivity contribution is 5.90. The van der Waals surface area contributed by atoms with Crippen LogP contribution in [0.3, 0.4) is 0 Å². The third-order valence-corrected chi connectivity index (χ3v) is 6.33. The molecule has 2 aromatic heterocycles. The molecular formula is C24H31N5O. The average molecular weight is 406 g/mol. The van der Waals surface area contributed by atoms with Gasteiger partial charge in [0.05, 0.1) is 11.0 Å². The van der Waals surface area contributed by atoms with Crippen molar-refractivity contribution in [2.24, 2.45) is 5.92 Å². The number of amides is 1. The molecule has 0 saturated carbocycles. The standard InChI is InChI=1S/C24H31N5O/c1-16-7-8-20-23(17(16)2)28-24(26-20)19-9-12-25-21(15-19)27-22(30)6-4-5-18-10-13-29(3)14-11-18/h7-9,12,15,18H,4-6,10-11,13-14H2,1-3H3,(H,26,28)(H,25,27,30). The summed E-state index contributed by atoms with van der Waals surface area (Å²) in [5, 5.41) is 2.95. The lowest BCUT2D eigenvalue weighted by Gasteiger charge is -2.28. The SMILES string of the molecule is Cc1ccc2[nH]c(-c3ccnc(NC(=O)CCCC4CCN(C)CC4)c3)nc2c1C. The second-order valence-corrected chi connectivity index (χ2v) is 8.61. The third-order valence-electron chi connectivity index (χ3n) is 6.33. The van der Waals surface area contributed by atoms with Gasteiger partial charge in [-0.15, -0.1) is 0 Å². The van der Waals surface area contributed by atoms with E-state index in [1.165, 1.54) is 37.1 Å². The van der Waals surface area contributed by atoms with Crippen molar-refractivity contribution >= 4 is 22.8 Å². The molecule has 2 N–H and O–H groups in total. The van der Waals surface area contributed by atoms with E-state index in [0.29, 0.717) is 12.2 Å². The molecule has 1 aromatic carbocycles. The summed E-state index contributed by atoms with van der Waals surface area (Å²) in [6, 6.07) is 7.95. The highest BCUT2D eigenvalue weighted by Gasteiger charge is 2.17. The van der Waals surface area contributed by atoms with Crippen molar-refractivity contribution in [2.75, 3.05) is 25.5 Å². The van der Waals surface area contributed by atoms with Gasteiger partial charge in [-0.1, -0.05) is 6.07 Å². The smallest absolute Gasteiger partial charge is 0.225 e. The Hall–Kier alpha value is -2.73. The van der Waals surface area contributed by atoms with Crippen molar-refractivity contribution in [3.05, 3.63) is 41.6 Å². The Bertz CT molecular complexity index is 1030. The van der Waals surface area contributed by atoms with E-state index in [4.69, 9.17) is 4.98 Å². The second-order valence-electron chi connectivity index (χ2n) is 8.61. The summed E-state index contributed by atoms with van der Waals surface area (Å²) >= 11 is 0. The number of nitrogens with one attached hydrogen (secondary N) is 2. The minimum absolute atomic E-state index is 0.0312. The molecule has 1 aliphatic rings. The Morgan fingerprint density at radius 1 is 1.23 bits per heavy atom. The first-order chi connectivity index (χ1) is 14.5. The van der Waals surface area contributed by atoms with Gasteiger partial charge in [-0.25, -0.2) is 9.97 Å². The Labute approximate surface area is 178 Å². The molecule has 3 aromatic rings. The zero-order chi connectivity index (χ0) is 21.1. The number of aromatic nitrogens is 3. The van der Waals surface area contributed by atoms with Gasteiger partial charge in [-0.3, -0.25) is 4.79 Å². The Balaban J connectivity index is 1.36. The van der Waals surface area contributed by atoms with Crippen LogP contribution in [0, 0.1) is 19.8 Å². The molecule has 3 heterocycles. The number of imidazole rings is 1. The first kappa shape index (κ1) is 20.5. The largest absolute Gasteiger partial charge is 0.338 e. The van der Waals surface area contributed by atoms with Crippen molar-refractivity contribution in [1.82, 2.24) is 19.9 Å². The zero-order valence-electron chi connectivity index (χ0n) is 18.2. The van der Waals surface area contributed by atoms with E-state index >= 15 is 0 Å². The second kappa shape index (κ2) is 8.96. The van der Waals surface area contributed by atoms with Crippen LogP contribution in [-0.2, 0) is 4.79 Å². The summed E-state index contributed by atoms with van der Waals surface area (Å²) < 4.78 is 0. The number of hydrogen-bond donors (Lipinski definition) is 2. The molecule has 0 aliphatic carbocycles. The Kier molecular flexibility index (Phi) is 6.13. The van der Waals surface area contributed by atoms with Gasteiger partial charge in [0.1, 0.15) is 11.6 Å². The summed E-state index contributed by atoms with van der Waals surface area (Å²) in [5.41, 5.74) is 5.33. The van der Waals surface area contributed by atoms with Crippen LogP contribution in [-0.4, -0.2) is 45.9 Å². The molecule has 6 nitrogen and oxygen atoms in total. The maximum Gasteiger partial charge on any atom is 0.225 e.